The molecule has 0 saturated carbocycles. The fourth-order valence-corrected chi connectivity index (χ4v) is 3.36. The molecule has 0 unspecified atom stereocenters. The van der Waals surface area contributed by atoms with Gasteiger partial charge in [0, 0.05) is 17.0 Å². The van der Waals surface area contributed by atoms with Crippen molar-refractivity contribution in [3.8, 4) is 11.5 Å². The lowest BCUT2D eigenvalue weighted by Gasteiger charge is -2.14. The first-order chi connectivity index (χ1) is 12.8. The number of benzene rings is 2. The van der Waals surface area contributed by atoms with Gasteiger partial charge in [0.1, 0.15) is 0 Å². The van der Waals surface area contributed by atoms with E-state index in [1.807, 2.05) is 18.2 Å². The highest BCUT2D eigenvalue weighted by molar-refractivity contribution is 8.00. The van der Waals surface area contributed by atoms with E-state index in [0.29, 0.717) is 30.4 Å². The summed E-state index contributed by atoms with van der Waals surface area (Å²) in [7, 11) is 0. The van der Waals surface area contributed by atoms with Crippen LogP contribution < -0.4 is 14.8 Å². The summed E-state index contributed by atoms with van der Waals surface area (Å²) in [5, 5.41) is 2.18. The van der Waals surface area contributed by atoms with Gasteiger partial charge in [0.25, 0.3) is 0 Å². The van der Waals surface area contributed by atoms with Crippen LogP contribution in [0.2, 0.25) is 0 Å². The predicted molar refractivity (Wildman–Crippen MR) is 97.4 cm³/mol. The average molecular weight is 397 g/mol. The SMILES string of the molecule is C[C@@H](Sc1ccc2c(c1)OCCCO2)C(=O)Nc1ccc(C(F)(F)F)cc1. The fourth-order valence-electron chi connectivity index (χ4n) is 2.46. The second-order valence-corrected chi connectivity index (χ2v) is 7.40. The summed E-state index contributed by atoms with van der Waals surface area (Å²) in [5.41, 5.74) is -0.436. The minimum Gasteiger partial charge on any atom is -0.490 e. The number of amides is 1. The summed E-state index contributed by atoms with van der Waals surface area (Å²) in [4.78, 5) is 13.2. The second kappa shape index (κ2) is 8.12. The highest BCUT2D eigenvalue weighted by Gasteiger charge is 2.30. The molecule has 1 atom stereocenters. The van der Waals surface area contributed by atoms with Gasteiger partial charge in [0.05, 0.1) is 24.0 Å². The van der Waals surface area contributed by atoms with Crippen LogP contribution in [0.5, 0.6) is 11.5 Å². The van der Waals surface area contributed by atoms with Gasteiger partial charge in [0.15, 0.2) is 11.5 Å². The number of hydrogen-bond acceptors (Lipinski definition) is 4. The van der Waals surface area contributed by atoms with Crippen LogP contribution in [0.3, 0.4) is 0 Å². The van der Waals surface area contributed by atoms with E-state index in [2.05, 4.69) is 5.32 Å². The molecule has 144 valence electrons. The molecule has 2 aromatic rings. The van der Waals surface area contributed by atoms with E-state index in [4.69, 9.17) is 9.47 Å². The molecular formula is C19H18F3NO3S. The van der Waals surface area contributed by atoms with Gasteiger partial charge in [-0.3, -0.25) is 4.79 Å². The first-order valence-electron chi connectivity index (χ1n) is 8.37. The molecule has 1 aliphatic heterocycles. The molecular weight excluding hydrogens is 379 g/mol. The first kappa shape index (κ1) is 19.4. The molecule has 0 bridgehead atoms. The molecule has 0 fully saturated rings. The van der Waals surface area contributed by atoms with Gasteiger partial charge >= 0.3 is 6.18 Å². The zero-order valence-electron chi connectivity index (χ0n) is 14.5. The zero-order chi connectivity index (χ0) is 19.4. The van der Waals surface area contributed by atoms with E-state index in [-0.39, 0.29) is 5.91 Å². The minimum atomic E-state index is -4.40. The Morgan fingerprint density at radius 3 is 2.41 bits per heavy atom. The quantitative estimate of drug-likeness (QED) is 0.739. The maximum absolute atomic E-state index is 12.6. The standard InChI is InChI=1S/C19H18F3NO3S/c1-12(18(24)23-14-5-3-13(4-6-14)19(20,21)22)27-15-7-8-16-17(11-15)26-10-2-9-25-16/h3-8,11-12H,2,9-10H2,1H3,(H,23,24)/t12-/m1/s1. The molecule has 0 radical (unpaired) electrons. The Morgan fingerprint density at radius 2 is 1.74 bits per heavy atom. The normalized spacial score (nSPS) is 15.0. The molecule has 1 aliphatic rings. The molecule has 0 spiro atoms. The number of carbonyl (C=O) groups is 1. The van der Waals surface area contributed by atoms with E-state index in [9.17, 15) is 18.0 Å². The Balaban J connectivity index is 1.61. The van der Waals surface area contributed by atoms with Crippen LogP contribution in [0.1, 0.15) is 18.9 Å². The highest BCUT2D eigenvalue weighted by Crippen LogP contribution is 2.35. The molecule has 0 aromatic heterocycles. The molecule has 1 amide bonds. The minimum absolute atomic E-state index is 0.299. The Morgan fingerprint density at radius 1 is 1.07 bits per heavy atom. The number of fused-ring (bicyclic) bond motifs is 1. The molecule has 3 rings (SSSR count). The van der Waals surface area contributed by atoms with E-state index in [1.165, 1.54) is 23.9 Å². The van der Waals surface area contributed by atoms with Crippen molar-refractivity contribution < 1.29 is 27.4 Å². The van der Waals surface area contributed by atoms with E-state index >= 15 is 0 Å². The van der Waals surface area contributed by atoms with Crippen molar-refractivity contribution in [2.45, 2.75) is 29.7 Å². The number of thioether (sulfide) groups is 1. The molecule has 1 N–H and O–H groups in total. The number of nitrogens with one attached hydrogen (secondary N) is 1. The Labute approximate surface area is 159 Å². The topological polar surface area (TPSA) is 47.6 Å². The van der Waals surface area contributed by atoms with Crippen molar-refractivity contribution >= 4 is 23.4 Å². The third kappa shape index (κ3) is 5.09. The number of ether oxygens (including phenoxy) is 2. The molecule has 2 aromatic carbocycles. The maximum Gasteiger partial charge on any atom is 0.416 e. The van der Waals surface area contributed by atoms with Gasteiger partial charge in [0.2, 0.25) is 5.91 Å². The lowest BCUT2D eigenvalue weighted by molar-refractivity contribution is -0.137. The number of rotatable bonds is 4. The van der Waals surface area contributed by atoms with E-state index < -0.39 is 17.0 Å². The van der Waals surface area contributed by atoms with Crippen LogP contribution in [0, 0.1) is 0 Å². The van der Waals surface area contributed by atoms with Crippen molar-refractivity contribution in [2.24, 2.45) is 0 Å². The van der Waals surface area contributed by atoms with Crippen LogP contribution in [-0.2, 0) is 11.0 Å². The lowest BCUT2D eigenvalue weighted by atomic mass is 10.2. The van der Waals surface area contributed by atoms with Gasteiger partial charge < -0.3 is 14.8 Å². The van der Waals surface area contributed by atoms with E-state index in [0.717, 1.165) is 23.4 Å². The molecule has 27 heavy (non-hydrogen) atoms. The molecule has 4 nitrogen and oxygen atoms in total. The third-order valence-corrected chi connectivity index (χ3v) is 4.97. The highest BCUT2D eigenvalue weighted by atomic mass is 32.2. The second-order valence-electron chi connectivity index (χ2n) is 5.98. The number of alkyl halides is 3. The average Bonchev–Trinajstić information content (AvgIpc) is 2.86. The largest absolute Gasteiger partial charge is 0.490 e. The van der Waals surface area contributed by atoms with E-state index in [1.54, 1.807) is 6.92 Å². The molecule has 0 saturated heterocycles. The van der Waals surface area contributed by atoms with Gasteiger partial charge in [-0.15, -0.1) is 11.8 Å². The van der Waals surface area contributed by atoms with Crippen LogP contribution in [0.15, 0.2) is 47.4 Å². The van der Waals surface area contributed by atoms with Crippen LogP contribution in [0.25, 0.3) is 0 Å². The number of carbonyl (C=O) groups excluding carboxylic acids is 1. The molecule has 8 heteroatoms. The van der Waals surface area contributed by atoms with Gasteiger partial charge in [-0.25, -0.2) is 0 Å². The van der Waals surface area contributed by atoms with Crippen molar-refractivity contribution in [2.75, 3.05) is 18.5 Å². The summed E-state index contributed by atoms with van der Waals surface area (Å²) in [5.74, 6) is 1.03. The zero-order valence-corrected chi connectivity index (χ0v) is 15.3. The fraction of sp³-hybridized carbons (Fsp3) is 0.316. The smallest absolute Gasteiger partial charge is 0.416 e. The predicted octanol–water partition coefficient (Wildman–Crippen LogP) is 4.99. The first-order valence-corrected chi connectivity index (χ1v) is 9.25. The maximum atomic E-state index is 12.6. The lowest BCUT2D eigenvalue weighted by Crippen LogP contribution is -2.22. The number of anilines is 1. The summed E-state index contributed by atoms with van der Waals surface area (Å²) in [6.07, 6.45) is -3.59. The van der Waals surface area contributed by atoms with Gasteiger partial charge in [-0.05, 0) is 49.4 Å². The van der Waals surface area contributed by atoms with Gasteiger partial charge in [-0.1, -0.05) is 0 Å². The number of halogens is 3. The Hall–Kier alpha value is -2.35. The number of hydrogen-bond donors (Lipinski definition) is 1. The van der Waals surface area contributed by atoms with Crippen molar-refractivity contribution in [1.82, 2.24) is 0 Å². The van der Waals surface area contributed by atoms with Crippen molar-refractivity contribution in [1.29, 1.82) is 0 Å². The molecule has 0 aliphatic carbocycles. The van der Waals surface area contributed by atoms with Crippen LogP contribution >= 0.6 is 11.8 Å². The van der Waals surface area contributed by atoms with Crippen molar-refractivity contribution in [3.05, 3.63) is 48.0 Å². The third-order valence-electron chi connectivity index (χ3n) is 3.88. The van der Waals surface area contributed by atoms with Crippen LogP contribution in [-0.4, -0.2) is 24.4 Å². The summed E-state index contributed by atoms with van der Waals surface area (Å²) in [6.45, 7) is 2.91. The summed E-state index contributed by atoms with van der Waals surface area (Å²) in [6, 6.07) is 9.85. The Kier molecular flexibility index (Phi) is 5.84. The van der Waals surface area contributed by atoms with Crippen molar-refractivity contribution in [3.63, 3.8) is 0 Å². The Bertz CT molecular complexity index is 809. The van der Waals surface area contributed by atoms with Crippen LogP contribution in [0.4, 0.5) is 18.9 Å². The monoisotopic (exact) mass is 397 g/mol. The summed E-state index contributed by atoms with van der Waals surface area (Å²) >= 11 is 1.33. The summed E-state index contributed by atoms with van der Waals surface area (Å²) < 4.78 is 49.0. The van der Waals surface area contributed by atoms with Gasteiger partial charge in [-0.2, -0.15) is 13.2 Å². The molecule has 1 heterocycles.